The maximum absolute atomic E-state index is 13.7. The Morgan fingerprint density at radius 3 is 2.38 bits per heavy atom. The summed E-state index contributed by atoms with van der Waals surface area (Å²) < 4.78 is 44.8. The van der Waals surface area contributed by atoms with Crippen LogP contribution in [0.25, 0.3) is 0 Å². The number of fused-ring (bicyclic) bond motifs is 1. The number of aryl methyl sites for hydroxylation is 1. The number of ketones is 1. The van der Waals surface area contributed by atoms with Crippen LogP contribution in [0, 0.1) is 5.92 Å². The van der Waals surface area contributed by atoms with Crippen molar-refractivity contribution in [2.75, 3.05) is 29.9 Å². The maximum Gasteiger partial charge on any atom is 0.450 e. The number of ether oxygens (including phenoxy) is 1. The molecule has 0 radical (unpaired) electrons. The second-order valence-corrected chi connectivity index (χ2v) is 10.6. The molecule has 2 aliphatic rings. The van der Waals surface area contributed by atoms with Crippen molar-refractivity contribution in [3.8, 4) is 0 Å². The van der Waals surface area contributed by atoms with Gasteiger partial charge in [0.1, 0.15) is 0 Å². The first-order chi connectivity index (χ1) is 20.1. The Morgan fingerprint density at radius 1 is 1.02 bits per heavy atom. The predicted molar refractivity (Wildman–Crippen MR) is 152 cm³/mol. The quantitative estimate of drug-likeness (QED) is 0.322. The number of halogens is 3. The highest BCUT2D eigenvalue weighted by Crippen LogP contribution is 2.49. The van der Waals surface area contributed by atoms with Crippen LogP contribution in [0.2, 0.25) is 0 Å². The maximum atomic E-state index is 13.7. The molecule has 1 saturated heterocycles. The molecule has 0 aromatic heterocycles. The molecule has 2 aliphatic heterocycles. The Morgan fingerprint density at radius 2 is 1.71 bits per heavy atom. The zero-order valence-electron chi connectivity index (χ0n) is 23.1. The molecule has 5 rings (SSSR count). The van der Waals surface area contributed by atoms with Crippen molar-refractivity contribution >= 4 is 29.2 Å². The Labute approximate surface area is 242 Å². The van der Waals surface area contributed by atoms with E-state index in [1.54, 1.807) is 30.0 Å². The van der Waals surface area contributed by atoms with E-state index in [1.807, 2.05) is 60.7 Å². The van der Waals surface area contributed by atoms with Gasteiger partial charge in [0.2, 0.25) is 5.78 Å². The third-order valence-corrected chi connectivity index (χ3v) is 8.14. The molecule has 1 fully saturated rings. The molecule has 7 nitrogen and oxygen atoms in total. The number of carbonyl (C=O) groups is 3. The van der Waals surface area contributed by atoms with Crippen LogP contribution < -0.4 is 15.5 Å². The number of esters is 1. The molecule has 10 heteroatoms. The van der Waals surface area contributed by atoms with Crippen molar-refractivity contribution in [1.29, 1.82) is 0 Å². The monoisotopic (exact) mass is 579 g/mol. The highest BCUT2D eigenvalue weighted by Gasteiger charge is 2.54. The van der Waals surface area contributed by atoms with E-state index in [0.717, 1.165) is 11.1 Å². The van der Waals surface area contributed by atoms with E-state index in [2.05, 4.69) is 10.6 Å². The van der Waals surface area contributed by atoms with E-state index in [1.165, 1.54) is 0 Å². The largest absolute Gasteiger partial charge is 0.466 e. The number of anilines is 2. The van der Waals surface area contributed by atoms with Crippen LogP contribution in [0.15, 0.2) is 78.9 Å². The summed E-state index contributed by atoms with van der Waals surface area (Å²) in [5.74, 6) is -3.85. The number of Topliss-reactive ketones (excluding diaryl/α,β-unsaturated/α-hetero) is 1. The smallest absolute Gasteiger partial charge is 0.450 e. The fourth-order valence-corrected chi connectivity index (χ4v) is 6.19. The van der Waals surface area contributed by atoms with Crippen LogP contribution >= 0.6 is 0 Å². The molecule has 0 bridgehead atoms. The van der Waals surface area contributed by atoms with Gasteiger partial charge in [-0.1, -0.05) is 60.7 Å². The van der Waals surface area contributed by atoms with Gasteiger partial charge in [-0.2, -0.15) is 13.2 Å². The van der Waals surface area contributed by atoms with E-state index in [-0.39, 0.29) is 45.0 Å². The SMILES string of the molecule is CCOC(=O)CC(c1ccccc1)C1(c2ccccc2)CNC(=O)N1c1ccc2c(c1)CCC(C(=O)C(F)(F)F)CN2. The van der Waals surface area contributed by atoms with Crippen LogP contribution in [-0.2, 0) is 26.3 Å². The lowest BCUT2D eigenvalue weighted by atomic mass is 9.72. The molecule has 2 N–H and O–H groups in total. The molecule has 0 saturated carbocycles. The van der Waals surface area contributed by atoms with Gasteiger partial charge in [0.25, 0.3) is 0 Å². The normalized spacial score (nSPS) is 21.0. The minimum absolute atomic E-state index is 0.00589. The van der Waals surface area contributed by atoms with Gasteiger partial charge in [0.15, 0.2) is 0 Å². The van der Waals surface area contributed by atoms with E-state index in [4.69, 9.17) is 4.74 Å². The summed E-state index contributed by atoms with van der Waals surface area (Å²) in [6.45, 7) is 2.03. The van der Waals surface area contributed by atoms with E-state index < -0.39 is 35.3 Å². The third kappa shape index (κ3) is 5.57. The summed E-state index contributed by atoms with van der Waals surface area (Å²) in [7, 11) is 0. The van der Waals surface area contributed by atoms with Gasteiger partial charge in [-0.05, 0) is 54.7 Å². The third-order valence-electron chi connectivity index (χ3n) is 8.14. The Bertz CT molecular complexity index is 1450. The van der Waals surface area contributed by atoms with Crippen LogP contribution in [-0.4, -0.2) is 43.7 Å². The number of nitrogens with zero attached hydrogens (tertiary/aromatic N) is 1. The number of amides is 2. The number of benzene rings is 3. The number of rotatable bonds is 8. The Hall–Kier alpha value is -4.34. The number of urea groups is 1. The average molecular weight is 580 g/mol. The fourth-order valence-electron chi connectivity index (χ4n) is 6.19. The summed E-state index contributed by atoms with van der Waals surface area (Å²) in [5.41, 5.74) is 2.46. The van der Waals surface area contributed by atoms with E-state index in [9.17, 15) is 27.6 Å². The molecule has 2 heterocycles. The lowest BCUT2D eigenvalue weighted by molar-refractivity contribution is -0.175. The summed E-state index contributed by atoms with van der Waals surface area (Å²) in [6, 6.07) is 23.9. The first-order valence-electron chi connectivity index (χ1n) is 14.0. The van der Waals surface area contributed by atoms with Crippen molar-refractivity contribution < 1.29 is 32.3 Å². The van der Waals surface area contributed by atoms with Crippen LogP contribution in [0.1, 0.15) is 42.4 Å². The molecule has 2 amide bonds. The number of hydrogen-bond donors (Lipinski definition) is 2. The van der Waals surface area contributed by atoms with Crippen molar-refractivity contribution in [3.63, 3.8) is 0 Å². The number of carbonyl (C=O) groups excluding carboxylic acids is 3. The highest BCUT2D eigenvalue weighted by molar-refractivity contribution is 5.97. The van der Waals surface area contributed by atoms with Crippen molar-refractivity contribution in [2.45, 2.75) is 43.8 Å². The Kier molecular flexibility index (Phi) is 8.24. The zero-order valence-corrected chi connectivity index (χ0v) is 23.1. The summed E-state index contributed by atoms with van der Waals surface area (Å²) >= 11 is 0. The van der Waals surface area contributed by atoms with Crippen LogP contribution in [0.5, 0.6) is 0 Å². The zero-order chi connectivity index (χ0) is 29.9. The standard InChI is InChI=1S/C32H32F3N3O4/c1-2-42-28(39)18-26(21-9-5-3-6-10-21)31(24-11-7-4-8-12-24)20-37-30(41)38(31)25-15-16-27-22(17-25)13-14-23(19-36-27)29(40)32(33,34)35/h3-12,15-17,23,26,36H,2,13-14,18-20H2,1H3,(H,37,41). The molecule has 3 aromatic carbocycles. The molecule has 220 valence electrons. The van der Waals surface area contributed by atoms with Gasteiger partial charge in [-0.25, -0.2) is 4.79 Å². The lowest BCUT2D eigenvalue weighted by Crippen LogP contribution is -2.50. The van der Waals surface area contributed by atoms with Gasteiger partial charge in [0, 0.05) is 36.3 Å². The molecule has 3 atom stereocenters. The van der Waals surface area contributed by atoms with Gasteiger partial charge in [-0.3, -0.25) is 14.5 Å². The first-order valence-corrected chi connectivity index (χ1v) is 14.0. The number of nitrogens with one attached hydrogen (secondary N) is 2. The molecule has 42 heavy (non-hydrogen) atoms. The minimum atomic E-state index is -4.90. The summed E-state index contributed by atoms with van der Waals surface area (Å²) in [5, 5.41) is 5.99. The fraction of sp³-hybridized carbons (Fsp3) is 0.344. The molecule has 3 aromatic rings. The van der Waals surface area contributed by atoms with Gasteiger partial charge in [0.05, 0.1) is 18.6 Å². The van der Waals surface area contributed by atoms with Gasteiger partial charge >= 0.3 is 18.2 Å². The molecule has 3 unspecified atom stereocenters. The van der Waals surface area contributed by atoms with Crippen LogP contribution in [0.4, 0.5) is 29.3 Å². The minimum Gasteiger partial charge on any atom is -0.466 e. The van der Waals surface area contributed by atoms with E-state index in [0.29, 0.717) is 16.9 Å². The summed E-state index contributed by atoms with van der Waals surface area (Å²) in [4.78, 5) is 40.3. The molecule has 0 aliphatic carbocycles. The molecular weight excluding hydrogens is 547 g/mol. The average Bonchev–Trinajstić information content (AvgIpc) is 3.19. The second kappa shape index (κ2) is 11.9. The van der Waals surface area contributed by atoms with E-state index >= 15 is 0 Å². The summed E-state index contributed by atoms with van der Waals surface area (Å²) in [6.07, 6.45) is -4.65. The topological polar surface area (TPSA) is 87.7 Å². The van der Waals surface area contributed by atoms with Crippen molar-refractivity contribution in [2.24, 2.45) is 5.92 Å². The van der Waals surface area contributed by atoms with Gasteiger partial charge < -0.3 is 15.4 Å². The van der Waals surface area contributed by atoms with Gasteiger partial charge in [-0.15, -0.1) is 0 Å². The highest BCUT2D eigenvalue weighted by atomic mass is 19.4. The number of alkyl halides is 3. The van der Waals surface area contributed by atoms with Crippen molar-refractivity contribution in [1.82, 2.24) is 5.32 Å². The van der Waals surface area contributed by atoms with Crippen LogP contribution in [0.3, 0.4) is 0 Å². The molecule has 0 spiro atoms. The second-order valence-electron chi connectivity index (χ2n) is 10.6. The lowest BCUT2D eigenvalue weighted by Gasteiger charge is -2.44. The Balaban J connectivity index is 1.61. The first kappa shape index (κ1) is 29.2. The predicted octanol–water partition coefficient (Wildman–Crippen LogP) is 5.95. The van der Waals surface area contributed by atoms with Crippen molar-refractivity contribution in [3.05, 3.63) is 95.6 Å². The molecular formula is C32H32F3N3O4. The number of hydrogen-bond acceptors (Lipinski definition) is 5.